The highest BCUT2D eigenvalue weighted by Crippen LogP contribution is 2.09. The van der Waals surface area contributed by atoms with Gasteiger partial charge in [0, 0.05) is 0 Å². The van der Waals surface area contributed by atoms with Gasteiger partial charge >= 0.3 is 5.97 Å². The van der Waals surface area contributed by atoms with Crippen LogP contribution >= 0.6 is 0 Å². The first kappa shape index (κ1) is 42.1. The Hall–Kier alpha value is -3.87. The monoisotopic (exact) mass is 660 g/mol. The molecule has 6 amide bonds. The van der Waals surface area contributed by atoms with Crippen LogP contribution in [0.2, 0.25) is 0 Å². The van der Waals surface area contributed by atoms with Crippen LogP contribution in [0, 0.1) is 11.8 Å². The molecule has 0 aliphatic heterocycles. The van der Waals surface area contributed by atoms with Crippen LogP contribution in [0.3, 0.4) is 0 Å². The summed E-state index contributed by atoms with van der Waals surface area (Å²) < 4.78 is 0. The number of aliphatic hydroxyl groups is 2. The summed E-state index contributed by atoms with van der Waals surface area (Å²) in [6, 6.07) is -7.43. The molecule has 0 fully saturated rings. The average Bonchev–Trinajstić information content (AvgIpc) is 3.01. The Labute approximate surface area is 268 Å². The SMILES string of the molecule is CC[C@H](C)[C@H](NC(=O)CNC(=O)[C@H](CO)NC(=O)[C@H](C)NC(=O)[C@@H](N)CCCCN)C(=O)N[C@@H](CO)C(=O)N[C@H](C(=O)O)C(C)C. The van der Waals surface area contributed by atoms with Crippen LogP contribution < -0.4 is 43.4 Å². The molecule has 0 saturated carbocycles. The zero-order valence-corrected chi connectivity index (χ0v) is 27.1. The first-order valence-corrected chi connectivity index (χ1v) is 15.2. The maximum Gasteiger partial charge on any atom is 0.326 e. The third-order valence-corrected chi connectivity index (χ3v) is 7.15. The van der Waals surface area contributed by atoms with E-state index in [9.17, 15) is 48.9 Å². The second-order valence-electron chi connectivity index (χ2n) is 11.3. The van der Waals surface area contributed by atoms with Crippen molar-refractivity contribution in [3.63, 3.8) is 0 Å². The molecule has 0 aromatic rings. The maximum atomic E-state index is 13.0. The number of nitrogens with one attached hydrogen (secondary N) is 6. The van der Waals surface area contributed by atoms with Crippen LogP contribution in [0.1, 0.15) is 60.3 Å². The summed E-state index contributed by atoms with van der Waals surface area (Å²) in [5.74, 6) is -7.14. The van der Waals surface area contributed by atoms with E-state index >= 15 is 0 Å². The van der Waals surface area contributed by atoms with Gasteiger partial charge in [0.1, 0.15) is 30.2 Å². The van der Waals surface area contributed by atoms with Gasteiger partial charge < -0.3 is 58.7 Å². The van der Waals surface area contributed by atoms with Gasteiger partial charge in [-0.3, -0.25) is 28.8 Å². The van der Waals surface area contributed by atoms with E-state index in [0.29, 0.717) is 32.2 Å². The van der Waals surface area contributed by atoms with E-state index < -0.39 is 109 Å². The normalized spacial score (nSPS) is 15.6. The molecule has 0 saturated heterocycles. The first-order valence-electron chi connectivity index (χ1n) is 15.2. The predicted octanol–water partition coefficient (Wildman–Crippen LogP) is -4.23. The molecule has 0 aromatic heterocycles. The molecule has 13 N–H and O–H groups in total. The number of aliphatic hydroxyl groups excluding tert-OH is 2. The van der Waals surface area contributed by atoms with E-state index in [4.69, 9.17) is 11.5 Å². The number of carboxylic acid groups (broad SMARTS) is 1. The van der Waals surface area contributed by atoms with E-state index in [2.05, 4.69) is 31.9 Å². The maximum absolute atomic E-state index is 13.0. The second-order valence-corrected chi connectivity index (χ2v) is 11.3. The average molecular weight is 661 g/mol. The number of nitrogens with two attached hydrogens (primary N) is 2. The van der Waals surface area contributed by atoms with Gasteiger partial charge in [0.25, 0.3) is 0 Å². The van der Waals surface area contributed by atoms with Crippen molar-refractivity contribution in [3.05, 3.63) is 0 Å². The third-order valence-electron chi connectivity index (χ3n) is 7.15. The summed E-state index contributed by atoms with van der Waals surface area (Å²) in [5.41, 5.74) is 11.2. The lowest BCUT2D eigenvalue weighted by atomic mass is 9.97. The number of carboxylic acids is 1. The van der Waals surface area contributed by atoms with Crippen LogP contribution in [0.4, 0.5) is 0 Å². The minimum atomic E-state index is -1.51. The van der Waals surface area contributed by atoms with Crippen LogP contribution in [0.15, 0.2) is 0 Å². The molecule has 0 radical (unpaired) electrons. The van der Waals surface area contributed by atoms with Gasteiger partial charge in [-0.15, -0.1) is 0 Å². The van der Waals surface area contributed by atoms with Crippen LogP contribution in [-0.2, 0) is 33.6 Å². The van der Waals surface area contributed by atoms with Crippen molar-refractivity contribution in [1.29, 1.82) is 0 Å². The lowest BCUT2D eigenvalue weighted by molar-refractivity contribution is -0.144. The summed E-state index contributed by atoms with van der Waals surface area (Å²) in [7, 11) is 0. The summed E-state index contributed by atoms with van der Waals surface area (Å²) in [4.78, 5) is 87.0. The minimum Gasteiger partial charge on any atom is -0.480 e. The van der Waals surface area contributed by atoms with E-state index in [1.54, 1.807) is 27.7 Å². The quantitative estimate of drug-likeness (QED) is 0.0492. The van der Waals surface area contributed by atoms with Crippen molar-refractivity contribution in [3.8, 4) is 0 Å². The Morgan fingerprint density at radius 1 is 0.696 bits per heavy atom. The van der Waals surface area contributed by atoms with Gasteiger partial charge in [0.05, 0.1) is 25.8 Å². The van der Waals surface area contributed by atoms with E-state index in [-0.39, 0.29) is 0 Å². The minimum absolute atomic E-state index is 0.365. The molecule has 0 heterocycles. The van der Waals surface area contributed by atoms with Crippen molar-refractivity contribution < 1.29 is 48.9 Å². The smallest absolute Gasteiger partial charge is 0.326 e. The van der Waals surface area contributed by atoms with Crippen LogP contribution in [-0.4, -0.2) is 119 Å². The zero-order chi connectivity index (χ0) is 35.6. The molecule has 0 aliphatic carbocycles. The van der Waals surface area contributed by atoms with E-state index in [1.807, 2.05) is 0 Å². The molecule has 0 aromatic carbocycles. The molecular formula is C28H52N8O10. The lowest BCUT2D eigenvalue weighted by Gasteiger charge is -2.27. The first-order chi connectivity index (χ1) is 21.5. The Morgan fingerprint density at radius 2 is 1.26 bits per heavy atom. The number of amides is 6. The van der Waals surface area contributed by atoms with Crippen molar-refractivity contribution in [2.45, 2.75) is 96.6 Å². The highest BCUT2D eigenvalue weighted by atomic mass is 16.4. The number of carbonyl (C=O) groups excluding carboxylic acids is 6. The zero-order valence-electron chi connectivity index (χ0n) is 27.1. The largest absolute Gasteiger partial charge is 0.480 e. The van der Waals surface area contributed by atoms with Gasteiger partial charge in [-0.1, -0.05) is 40.5 Å². The molecule has 0 unspecified atom stereocenters. The number of rotatable bonds is 22. The molecule has 0 rings (SSSR count). The number of carbonyl (C=O) groups is 7. The Morgan fingerprint density at radius 3 is 1.76 bits per heavy atom. The van der Waals surface area contributed by atoms with Crippen molar-refractivity contribution in [1.82, 2.24) is 31.9 Å². The molecule has 46 heavy (non-hydrogen) atoms. The molecule has 18 nitrogen and oxygen atoms in total. The summed E-state index contributed by atoms with van der Waals surface area (Å²) >= 11 is 0. The molecule has 0 aliphatic rings. The van der Waals surface area contributed by atoms with Crippen molar-refractivity contribution >= 4 is 41.4 Å². The third kappa shape index (κ3) is 14.9. The molecule has 7 atom stereocenters. The fourth-order valence-corrected chi connectivity index (χ4v) is 3.96. The summed E-state index contributed by atoms with van der Waals surface area (Å²) in [5, 5.41) is 42.6. The van der Waals surface area contributed by atoms with Gasteiger partial charge in [0.2, 0.25) is 35.4 Å². The second kappa shape index (κ2) is 21.8. The standard InChI is InChI=1S/C28H52N8O10/c1-6-15(4)22(27(44)34-19(13-38)26(43)36-21(14(2)3)28(45)46)35-20(39)11-31-25(42)18(12-37)33-23(40)16(5)32-24(41)17(30)9-7-8-10-29/h14-19,21-22,37-38H,6-13,29-30H2,1-5H3,(H,31,42)(H,32,41)(H,33,40)(H,34,44)(H,35,39)(H,36,43)(H,45,46)/t15-,16-,17-,18-,19-,21-,22-/m0/s1. The number of aliphatic carboxylic acids is 1. The Bertz CT molecular complexity index is 1040. The highest BCUT2D eigenvalue weighted by molar-refractivity contribution is 5.96. The number of hydrogen-bond donors (Lipinski definition) is 11. The van der Waals surface area contributed by atoms with Crippen LogP contribution in [0.25, 0.3) is 0 Å². The number of unbranched alkanes of at least 4 members (excludes halogenated alkanes) is 1. The fraction of sp³-hybridized carbons (Fsp3) is 0.750. The summed E-state index contributed by atoms with van der Waals surface area (Å²) in [6.07, 6.45) is 2.08. The molecule has 0 bridgehead atoms. The summed E-state index contributed by atoms with van der Waals surface area (Å²) in [6.45, 7) is 5.99. The topological polar surface area (TPSA) is 304 Å². The van der Waals surface area contributed by atoms with Gasteiger partial charge in [-0.2, -0.15) is 0 Å². The van der Waals surface area contributed by atoms with Crippen molar-refractivity contribution in [2.75, 3.05) is 26.3 Å². The molecular weight excluding hydrogens is 608 g/mol. The van der Waals surface area contributed by atoms with Crippen molar-refractivity contribution in [2.24, 2.45) is 23.3 Å². The van der Waals surface area contributed by atoms with Gasteiger partial charge in [-0.05, 0) is 38.1 Å². The van der Waals surface area contributed by atoms with E-state index in [1.165, 1.54) is 6.92 Å². The highest BCUT2D eigenvalue weighted by Gasteiger charge is 2.32. The predicted molar refractivity (Wildman–Crippen MR) is 165 cm³/mol. The van der Waals surface area contributed by atoms with Gasteiger partial charge in [0.15, 0.2) is 0 Å². The van der Waals surface area contributed by atoms with E-state index in [0.717, 1.165) is 0 Å². The molecule has 18 heteroatoms. The van der Waals surface area contributed by atoms with Gasteiger partial charge in [-0.25, -0.2) is 4.79 Å². The Balaban J connectivity index is 5.20. The van der Waals surface area contributed by atoms with Crippen LogP contribution in [0.5, 0.6) is 0 Å². The fourth-order valence-electron chi connectivity index (χ4n) is 3.96. The Kier molecular flexibility index (Phi) is 20.0. The molecule has 264 valence electrons. The lowest BCUT2D eigenvalue weighted by Crippen LogP contribution is -2.59. The number of hydrogen-bond acceptors (Lipinski definition) is 11. The molecule has 0 spiro atoms.